The summed E-state index contributed by atoms with van der Waals surface area (Å²) in [6.07, 6.45) is 3.72. The number of rotatable bonds is 2. The molecule has 0 aliphatic carbocycles. The van der Waals surface area contributed by atoms with Crippen molar-refractivity contribution in [1.82, 2.24) is 4.31 Å². The predicted octanol–water partition coefficient (Wildman–Crippen LogP) is 2.20. The number of benzene rings is 1. The van der Waals surface area contributed by atoms with Gasteiger partial charge in [-0.25, -0.2) is 12.8 Å². The van der Waals surface area contributed by atoms with Crippen molar-refractivity contribution in [1.29, 1.82) is 0 Å². The molecule has 0 amide bonds. The van der Waals surface area contributed by atoms with Gasteiger partial charge in [-0.05, 0) is 44.4 Å². The number of hydrogen-bond donors (Lipinski definition) is 0. The molecule has 0 aromatic heterocycles. The lowest BCUT2D eigenvalue weighted by atomic mass is 10.1. The van der Waals surface area contributed by atoms with Crippen molar-refractivity contribution >= 4 is 10.0 Å². The first-order chi connectivity index (χ1) is 8.01. The van der Waals surface area contributed by atoms with E-state index in [1.807, 2.05) is 13.3 Å². The van der Waals surface area contributed by atoms with Gasteiger partial charge in [-0.2, -0.15) is 4.31 Å². The van der Waals surface area contributed by atoms with Crippen LogP contribution >= 0.6 is 0 Å². The Morgan fingerprint density at radius 1 is 1.41 bits per heavy atom. The summed E-state index contributed by atoms with van der Waals surface area (Å²) in [6.45, 7) is 2.34. The highest BCUT2D eigenvalue weighted by Gasteiger charge is 2.31. The summed E-state index contributed by atoms with van der Waals surface area (Å²) in [5, 5.41) is 0. The van der Waals surface area contributed by atoms with E-state index in [9.17, 15) is 12.8 Å². The van der Waals surface area contributed by atoms with Gasteiger partial charge in [-0.15, -0.1) is 0 Å². The van der Waals surface area contributed by atoms with Gasteiger partial charge in [-0.1, -0.05) is 6.07 Å². The van der Waals surface area contributed by atoms with Crippen LogP contribution in [0.1, 0.15) is 19.8 Å². The van der Waals surface area contributed by atoms with Gasteiger partial charge >= 0.3 is 0 Å². The summed E-state index contributed by atoms with van der Waals surface area (Å²) in [5.74, 6) is -0.528. The van der Waals surface area contributed by atoms with E-state index in [4.69, 9.17) is 0 Å². The van der Waals surface area contributed by atoms with E-state index in [0.29, 0.717) is 6.54 Å². The SMILES string of the molecule is CC1[CH]CCCN1S(=O)(=O)c1cccc(F)c1. The molecule has 1 heterocycles. The number of piperidine rings is 1. The van der Waals surface area contributed by atoms with Crippen LogP contribution in [-0.4, -0.2) is 25.3 Å². The molecule has 1 aromatic carbocycles. The third-order valence-electron chi connectivity index (χ3n) is 2.95. The summed E-state index contributed by atoms with van der Waals surface area (Å²) < 4.78 is 39.1. The van der Waals surface area contributed by atoms with Gasteiger partial charge in [0.25, 0.3) is 0 Å². The zero-order valence-corrected chi connectivity index (χ0v) is 10.5. The quantitative estimate of drug-likeness (QED) is 0.813. The van der Waals surface area contributed by atoms with Crippen LogP contribution in [0.5, 0.6) is 0 Å². The highest BCUT2D eigenvalue weighted by molar-refractivity contribution is 7.89. The van der Waals surface area contributed by atoms with Gasteiger partial charge in [-0.3, -0.25) is 0 Å². The summed E-state index contributed by atoms with van der Waals surface area (Å²) >= 11 is 0. The molecule has 0 N–H and O–H groups in total. The Bertz CT molecular complexity index is 501. The molecule has 3 nitrogen and oxygen atoms in total. The molecule has 1 saturated heterocycles. The first-order valence-corrected chi connectivity index (χ1v) is 7.06. The minimum Gasteiger partial charge on any atom is -0.207 e. The maximum absolute atomic E-state index is 13.1. The third-order valence-corrected chi connectivity index (χ3v) is 4.93. The van der Waals surface area contributed by atoms with E-state index in [-0.39, 0.29) is 10.9 Å². The molecule has 17 heavy (non-hydrogen) atoms. The second kappa shape index (κ2) is 4.74. The van der Waals surface area contributed by atoms with E-state index in [2.05, 4.69) is 0 Å². The number of nitrogens with zero attached hydrogens (tertiary/aromatic N) is 1. The zero-order valence-electron chi connectivity index (χ0n) is 9.64. The maximum Gasteiger partial charge on any atom is 0.243 e. The topological polar surface area (TPSA) is 37.4 Å². The van der Waals surface area contributed by atoms with Gasteiger partial charge in [0.05, 0.1) is 4.90 Å². The molecule has 0 saturated carbocycles. The Morgan fingerprint density at radius 3 is 2.82 bits per heavy atom. The van der Waals surface area contributed by atoms with Crippen LogP contribution in [0.15, 0.2) is 29.2 Å². The second-order valence-corrected chi connectivity index (χ2v) is 6.08. The molecule has 1 radical (unpaired) electrons. The molecule has 1 aliphatic rings. The molecule has 0 spiro atoms. The van der Waals surface area contributed by atoms with E-state index in [1.165, 1.54) is 22.5 Å². The lowest BCUT2D eigenvalue weighted by Gasteiger charge is -2.32. The number of sulfonamides is 1. The van der Waals surface area contributed by atoms with Crippen LogP contribution in [0.4, 0.5) is 4.39 Å². The minimum atomic E-state index is -3.57. The molecule has 1 atom stereocenters. The summed E-state index contributed by atoms with van der Waals surface area (Å²) in [4.78, 5) is 0.0275. The number of hydrogen-bond acceptors (Lipinski definition) is 2. The zero-order chi connectivity index (χ0) is 12.5. The van der Waals surface area contributed by atoms with E-state index >= 15 is 0 Å². The fraction of sp³-hybridized carbons (Fsp3) is 0.417. The summed E-state index contributed by atoms with van der Waals surface area (Å²) in [7, 11) is -3.57. The fourth-order valence-corrected chi connectivity index (χ4v) is 3.71. The van der Waals surface area contributed by atoms with Gasteiger partial charge in [0.1, 0.15) is 5.82 Å². The van der Waals surface area contributed by atoms with Crippen molar-refractivity contribution < 1.29 is 12.8 Å². The van der Waals surface area contributed by atoms with Crippen LogP contribution in [0, 0.1) is 12.2 Å². The second-order valence-electron chi connectivity index (χ2n) is 4.19. The average Bonchev–Trinajstić information content (AvgIpc) is 2.29. The van der Waals surface area contributed by atoms with Crippen molar-refractivity contribution in [3.05, 3.63) is 36.5 Å². The van der Waals surface area contributed by atoms with E-state index in [1.54, 1.807) is 0 Å². The lowest BCUT2D eigenvalue weighted by molar-refractivity contribution is 0.320. The smallest absolute Gasteiger partial charge is 0.207 e. The third kappa shape index (κ3) is 2.50. The van der Waals surface area contributed by atoms with Crippen molar-refractivity contribution in [3.63, 3.8) is 0 Å². The predicted molar refractivity (Wildman–Crippen MR) is 63.3 cm³/mol. The summed E-state index contributed by atoms with van der Waals surface area (Å²) in [6, 6.07) is 5.03. The van der Waals surface area contributed by atoms with E-state index in [0.717, 1.165) is 18.9 Å². The van der Waals surface area contributed by atoms with Crippen molar-refractivity contribution in [3.8, 4) is 0 Å². The molecule has 1 aromatic rings. The van der Waals surface area contributed by atoms with Crippen molar-refractivity contribution in [2.45, 2.75) is 30.7 Å². The van der Waals surface area contributed by atoms with Crippen LogP contribution < -0.4 is 0 Å². The number of halogens is 1. The monoisotopic (exact) mass is 256 g/mol. The van der Waals surface area contributed by atoms with Crippen LogP contribution in [0.25, 0.3) is 0 Å². The Kier molecular flexibility index (Phi) is 3.49. The molecule has 93 valence electrons. The highest BCUT2D eigenvalue weighted by Crippen LogP contribution is 2.24. The first-order valence-electron chi connectivity index (χ1n) is 5.62. The fourth-order valence-electron chi connectivity index (χ4n) is 2.03. The van der Waals surface area contributed by atoms with Crippen LogP contribution in [0.2, 0.25) is 0 Å². The molecule has 1 unspecified atom stereocenters. The molecular formula is C12H15FNO2S. The van der Waals surface area contributed by atoms with Gasteiger partial charge in [0.2, 0.25) is 10.0 Å². The first kappa shape index (κ1) is 12.5. The highest BCUT2D eigenvalue weighted by atomic mass is 32.2. The largest absolute Gasteiger partial charge is 0.243 e. The normalized spacial score (nSPS) is 22.6. The minimum absolute atomic E-state index is 0.0275. The van der Waals surface area contributed by atoms with Crippen LogP contribution in [0.3, 0.4) is 0 Å². The van der Waals surface area contributed by atoms with E-state index < -0.39 is 15.8 Å². The molecule has 1 fully saturated rings. The molecule has 5 heteroatoms. The lowest BCUT2D eigenvalue weighted by Crippen LogP contribution is -2.42. The Morgan fingerprint density at radius 2 is 2.18 bits per heavy atom. The van der Waals surface area contributed by atoms with Gasteiger partial charge in [0, 0.05) is 12.6 Å². The Hall–Kier alpha value is -0.940. The van der Waals surface area contributed by atoms with Gasteiger partial charge < -0.3 is 0 Å². The average molecular weight is 256 g/mol. The standard InChI is InChI=1S/C12H15FNO2S/c1-10-5-2-3-8-14(10)17(15,16)12-7-4-6-11(13)9-12/h4-7,9-10H,2-3,8H2,1H3. The summed E-state index contributed by atoms with van der Waals surface area (Å²) in [5.41, 5.74) is 0. The molecular weight excluding hydrogens is 241 g/mol. The van der Waals surface area contributed by atoms with Crippen molar-refractivity contribution in [2.75, 3.05) is 6.54 Å². The van der Waals surface area contributed by atoms with Crippen LogP contribution in [-0.2, 0) is 10.0 Å². The molecule has 1 aliphatic heterocycles. The van der Waals surface area contributed by atoms with Gasteiger partial charge in [0.15, 0.2) is 0 Å². The maximum atomic E-state index is 13.1. The Balaban J connectivity index is 2.35. The molecule has 2 rings (SSSR count). The van der Waals surface area contributed by atoms with Crippen molar-refractivity contribution in [2.24, 2.45) is 0 Å². The molecule has 0 bridgehead atoms. The Labute approximate surface area is 101 Å².